The lowest BCUT2D eigenvalue weighted by Gasteiger charge is -2.73. The molecule has 0 amide bonds. The first-order valence-electron chi connectivity index (χ1n) is 20.1. The Morgan fingerprint density at radius 3 is 2.13 bits per heavy atom. The SMILES string of the molecule is C=C(C)C1CCC2(C(=O)O)CCC3(C)C(CCC4C5(C)CCC(OC6OCC(O)C(O)C6OC6OC(C)C(O)C(O)C6O)C(C)(C)C5CCC43C)C12. The maximum Gasteiger partial charge on any atom is 0.309 e. The molecule has 7 rings (SSSR count). The molecule has 52 heavy (non-hydrogen) atoms. The van der Waals surface area contributed by atoms with Gasteiger partial charge in [0.25, 0.3) is 0 Å². The van der Waals surface area contributed by atoms with Crippen molar-refractivity contribution in [3.8, 4) is 0 Å². The first-order valence-corrected chi connectivity index (χ1v) is 20.1. The van der Waals surface area contributed by atoms with E-state index in [2.05, 4.69) is 48.1 Å². The van der Waals surface area contributed by atoms with Crippen LogP contribution in [0.2, 0.25) is 0 Å². The van der Waals surface area contributed by atoms with Gasteiger partial charge in [0.2, 0.25) is 0 Å². The Morgan fingerprint density at radius 2 is 1.46 bits per heavy atom. The van der Waals surface area contributed by atoms with Crippen molar-refractivity contribution in [3.05, 3.63) is 12.2 Å². The van der Waals surface area contributed by atoms with Gasteiger partial charge in [0.15, 0.2) is 12.6 Å². The molecule has 2 saturated heterocycles. The Morgan fingerprint density at radius 1 is 0.750 bits per heavy atom. The van der Waals surface area contributed by atoms with Crippen molar-refractivity contribution in [2.45, 2.75) is 174 Å². The van der Waals surface area contributed by atoms with Gasteiger partial charge in [-0.15, -0.1) is 0 Å². The molecule has 7 aliphatic rings. The van der Waals surface area contributed by atoms with Crippen LogP contribution in [-0.2, 0) is 23.7 Å². The molecule has 0 radical (unpaired) electrons. The van der Waals surface area contributed by atoms with Crippen LogP contribution in [0.3, 0.4) is 0 Å². The van der Waals surface area contributed by atoms with E-state index in [-0.39, 0.29) is 46.2 Å². The highest BCUT2D eigenvalue weighted by atomic mass is 16.8. The summed E-state index contributed by atoms with van der Waals surface area (Å²) in [7, 11) is 0. The number of aliphatic hydroxyl groups excluding tert-OH is 5. The molecule has 6 N–H and O–H groups in total. The molecule has 19 unspecified atom stereocenters. The lowest BCUT2D eigenvalue weighted by molar-refractivity contribution is -0.365. The van der Waals surface area contributed by atoms with Gasteiger partial charge in [-0.25, -0.2) is 0 Å². The van der Waals surface area contributed by atoms with E-state index < -0.39 is 66.7 Å². The maximum absolute atomic E-state index is 13.0. The summed E-state index contributed by atoms with van der Waals surface area (Å²) in [5.74, 6) is 0.985. The van der Waals surface area contributed by atoms with Crippen molar-refractivity contribution in [1.82, 2.24) is 0 Å². The van der Waals surface area contributed by atoms with Crippen molar-refractivity contribution >= 4 is 5.97 Å². The third-order valence-electron chi connectivity index (χ3n) is 17.3. The Bertz CT molecular complexity index is 1390. The van der Waals surface area contributed by atoms with Gasteiger partial charge in [-0.2, -0.15) is 0 Å². The molecule has 5 aliphatic carbocycles. The largest absolute Gasteiger partial charge is 0.481 e. The van der Waals surface area contributed by atoms with E-state index in [0.29, 0.717) is 17.8 Å². The molecule has 0 aromatic carbocycles. The van der Waals surface area contributed by atoms with E-state index in [0.717, 1.165) is 69.8 Å². The van der Waals surface area contributed by atoms with Crippen LogP contribution in [0.5, 0.6) is 0 Å². The molecule has 11 heteroatoms. The van der Waals surface area contributed by atoms with E-state index in [4.69, 9.17) is 18.9 Å². The molecule has 5 saturated carbocycles. The van der Waals surface area contributed by atoms with Crippen molar-refractivity contribution < 1.29 is 54.4 Å². The molecule has 0 spiro atoms. The highest BCUT2D eigenvalue weighted by Gasteiger charge is 2.72. The predicted molar refractivity (Wildman–Crippen MR) is 190 cm³/mol. The van der Waals surface area contributed by atoms with Crippen LogP contribution >= 0.6 is 0 Å². The Hall–Kier alpha value is -1.15. The number of aliphatic carboxylic acids is 1. The second-order valence-electron chi connectivity index (χ2n) is 19.7. The minimum atomic E-state index is -1.58. The molecule has 0 aromatic rings. The monoisotopic (exact) mass is 734 g/mol. The van der Waals surface area contributed by atoms with Gasteiger partial charge in [0.1, 0.15) is 36.6 Å². The molecule has 19 atom stereocenters. The van der Waals surface area contributed by atoms with Gasteiger partial charge in [0.05, 0.1) is 24.2 Å². The summed E-state index contributed by atoms with van der Waals surface area (Å²) < 4.78 is 24.5. The van der Waals surface area contributed by atoms with Gasteiger partial charge < -0.3 is 49.6 Å². The quantitative estimate of drug-likeness (QED) is 0.169. The van der Waals surface area contributed by atoms with E-state index in [9.17, 15) is 35.4 Å². The first kappa shape index (κ1) is 39.1. The zero-order valence-corrected chi connectivity index (χ0v) is 32.4. The summed E-state index contributed by atoms with van der Waals surface area (Å²) >= 11 is 0. The topological polar surface area (TPSA) is 175 Å². The van der Waals surface area contributed by atoms with Gasteiger partial charge in [-0.05, 0) is 129 Å². The third-order valence-corrected chi connectivity index (χ3v) is 17.3. The fraction of sp³-hybridized carbons (Fsp3) is 0.927. The number of carbonyl (C=O) groups is 1. The second kappa shape index (κ2) is 13.2. The Balaban J connectivity index is 1.12. The molecule has 0 aromatic heterocycles. The first-order chi connectivity index (χ1) is 24.2. The number of hydrogen-bond acceptors (Lipinski definition) is 10. The molecular weight excluding hydrogens is 668 g/mol. The average molecular weight is 735 g/mol. The molecule has 296 valence electrons. The van der Waals surface area contributed by atoms with Gasteiger partial charge in [0, 0.05) is 0 Å². The van der Waals surface area contributed by atoms with E-state index >= 15 is 0 Å². The summed E-state index contributed by atoms with van der Waals surface area (Å²) in [6.45, 7) is 20.0. The normalized spacial score (nSPS) is 55.7. The summed E-state index contributed by atoms with van der Waals surface area (Å²) in [6.07, 6.45) is -2.39. The second-order valence-corrected chi connectivity index (χ2v) is 19.7. The highest BCUT2D eigenvalue weighted by molar-refractivity contribution is 5.76. The number of allylic oxidation sites excluding steroid dienone is 1. The number of rotatable bonds is 6. The van der Waals surface area contributed by atoms with Crippen molar-refractivity contribution in [3.63, 3.8) is 0 Å². The molecular formula is C41H66O11. The Kier molecular flexibility index (Phi) is 9.94. The fourth-order valence-electron chi connectivity index (χ4n) is 14.2. The lowest BCUT2D eigenvalue weighted by atomic mass is 9.32. The predicted octanol–water partition coefficient (Wildman–Crippen LogP) is 4.40. The fourth-order valence-corrected chi connectivity index (χ4v) is 14.2. The molecule has 7 fully saturated rings. The zero-order chi connectivity index (χ0) is 37.9. The minimum absolute atomic E-state index is 0.0351. The summed E-state index contributed by atoms with van der Waals surface area (Å²) in [5.41, 5.74) is 0.375. The van der Waals surface area contributed by atoms with Crippen LogP contribution in [0.4, 0.5) is 0 Å². The van der Waals surface area contributed by atoms with Crippen molar-refractivity contribution in [2.24, 2.45) is 56.7 Å². The molecule has 11 nitrogen and oxygen atoms in total. The van der Waals surface area contributed by atoms with Crippen LogP contribution in [0.15, 0.2) is 12.2 Å². The van der Waals surface area contributed by atoms with E-state index in [1.54, 1.807) is 6.92 Å². The number of carboxylic acid groups (broad SMARTS) is 1. The van der Waals surface area contributed by atoms with E-state index in [1.807, 2.05) is 0 Å². The van der Waals surface area contributed by atoms with Crippen LogP contribution in [-0.4, -0.2) is 105 Å². The van der Waals surface area contributed by atoms with Crippen LogP contribution in [0.1, 0.15) is 113 Å². The Labute approximate surface area is 309 Å². The lowest BCUT2D eigenvalue weighted by Crippen LogP contribution is -2.67. The molecule has 2 aliphatic heterocycles. The van der Waals surface area contributed by atoms with E-state index in [1.165, 1.54) is 0 Å². The number of hydrogen-bond donors (Lipinski definition) is 6. The summed E-state index contributed by atoms with van der Waals surface area (Å²) in [4.78, 5) is 13.0. The van der Waals surface area contributed by atoms with Crippen LogP contribution in [0.25, 0.3) is 0 Å². The van der Waals surface area contributed by atoms with Crippen molar-refractivity contribution in [1.29, 1.82) is 0 Å². The maximum atomic E-state index is 13.0. The summed E-state index contributed by atoms with van der Waals surface area (Å²) in [6, 6.07) is 0. The molecule has 2 heterocycles. The van der Waals surface area contributed by atoms with Gasteiger partial charge in [-0.3, -0.25) is 4.79 Å². The third kappa shape index (κ3) is 5.48. The number of ether oxygens (including phenoxy) is 4. The molecule has 0 bridgehead atoms. The smallest absolute Gasteiger partial charge is 0.309 e. The number of aliphatic hydroxyl groups is 5. The van der Waals surface area contributed by atoms with Crippen molar-refractivity contribution in [2.75, 3.05) is 6.61 Å². The summed E-state index contributed by atoms with van der Waals surface area (Å²) in [5, 5.41) is 63.6. The number of carboxylic acids is 1. The van der Waals surface area contributed by atoms with Gasteiger partial charge >= 0.3 is 5.97 Å². The zero-order valence-electron chi connectivity index (χ0n) is 32.4. The number of fused-ring (bicyclic) bond motifs is 7. The standard InChI is InChI=1S/C41H66O11/c1-20(2)22-11-16-41(36(47)48)18-17-39(7)23(28(22)41)9-10-26-38(6)14-13-27(37(4,5)25(38)12-15-40(26,39)8)51-35-33(30(44)24(42)19-49-35)52-34-32(46)31(45)29(43)21(3)50-34/h21-35,42-46H,1,9-19H2,2-8H3,(H,47,48). The highest BCUT2D eigenvalue weighted by Crippen LogP contribution is 2.77. The van der Waals surface area contributed by atoms with Gasteiger partial charge in [-0.1, -0.05) is 46.8 Å². The van der Waals surface area contributed by atoms with Crippen LogP contribution < -0.4 is 0 Å². The minimum Gasteiger partial charge on any atom is -0.481 e. The average Bonchev–Trinajstić information content (AvgIpc) is 3.49. The van der Waals surface area contributed by atoms with Crippen LogP contribution in [0, 0.1) is 56.7 Å².